The third kappa shape index (κ3) is 5.48. The number of ether oxygens (including phenoxy) is 1. The molecule has 1 aromatic heterocycles. The summed E-state index contributed by atoms with van der Waals surface area (Å²) in [5.74, 6) is 1.08. The molecule has 0 radical (unpaired) electrons. The topological polar surface area (TPSA) is 12.5 Å². The largest absolute Gasteiger partial charge is 0.501 e. The van der Waals surface area contributed by atoms with Crippen molar-refractivity contribution < 1.29 is 4.74 Å². The summed E-state index contributed by atoms with van der Waals surface area (Å²) in [7, 11) is 1.79. The van der Waals surface area contributed by atoms with E-state index in [9.17, 15) is 0 Å². The number of methoxy groups -OCH3 is 1. The van der Waals surface area contributed by atoms with Crippen molar-refractivity contribution in [3.8, 4) is 0 Å². The van der Waals surface area contributed by atoms with Crippen LogP contribution in [0.2, 0.25) is 0 Å². The van der Waals surface area contributed by atoms with Gasteiger partial charge in [0.2, 0.25) is 0 Å². The van der Waals surface area contributed by atoms with E-state index in [1.807, 2.05) is 11.3 Å². The van der Waals surface area contributed by atoms with Crippen LogP contribution in [0.5, 0.6) is 0 Å². The molecule has 1 aliphatic rings. The third-order valence-corrected chi connectivity index (χ3v) is 10.2. The van der Waals surface area contributed by atoms with Crippen molar-refractivity contribution in [1.82, 2.24) is 0 Å². The molecular formula is C34H47NOS. The fourth-order valence-corrected chi connectivity index (χ4v) is 7.22. The summed E-state index contributed by atoms with van der Waals surface area (Å²) < 4.78 is 8.34. The minimum Gasteiger partial charge on any atom is -0.501 e. The molecule has 2 aromatic carbocycles. The van der Waals surface area contributed by atoms with Gasteiger partial charge in [0.1, 0.15) is 0 Å². The Morgan fingerprint density at radius 3 is 2.16 bits per heavy atom. The number of thiophene rings is 1. The Bertz CT molecular complexity index is 1280. The number of benzene rings is 2. The highest BCUT2D eigenvalue weighted by Gasteiger charge is 2.33. The molecule has 37 heavy (non-hydrogen) atoms. The first kappa shape index (κ1) is 27.8. The summed E-state index contributed by atoms with van der Waals surface area (Å²) in [6.07, 6.45) is 14.8. The van der Waals surface area contributed by atoms with Crippen LogP contribution in [0.3, 0.4) is 0 Å². The number of hydrogen-bond donors (Lipinski definition) is 0. The highest BCUT2D eigenvalue weighted by atomic mass is 32.1. The lowest BCUT2D eigenvalue weighted by atomic mass is 9.76. The quantitative estimate of drug-likeness (QED) is 0.237. The van der Waals surface area contributed by atoms with E-state index in [1.54, 1.807) is 7.11 Å². The average molecular weight is 518 g/mol. The van der Waals surface area contributed by atoms with Crippen LogP contribution in [0.4, 0.5) is 5.69 Å². The van der Waals surface area contributed by atoms with Crippen LogP contribution in [0.15, 0.2) is 60.0 Å². The van der Waals surface area contributed by atoms with Gasteiger partial charge < -0.3 is 9.64 Å². The second-order valence-corrected chi connectivity index (χ2v) is 12.5. The van der Waals surface area contributed by atoms with Crippen LogP contribution in [0.25, 0.3) is 20.2 Å². The molecule has 0 saturated heterocycles. The Hall–Kier alpha value is -2.26. The van der Waals surface area contributed by atoms with Crippen LogP contribution in [-0.4, -0.2) is 12.6 Å². The molecule has 0 bridgehead atoms. The lowest BCUT2D eigenvalue weighted by Gasteiger charge is -2.45. The number of nitrogens with zero attached hydrogens (tertiary/aromatic N) is 1. The number of allylic oxidation sites excluding steroid dienone is 4. The van der Waals surface area contributed by atoms with Gasteiger partial charge in [-0.15, -0.1) is 11.3 Å². The number of rotatable bonds is 12. The Kier molecular flexibility index (Phi) is 8.74. The van der Waals surface area contributed by atoms with E-state index in [0.717, 1.165) is 25.0 Å². The first-order valence-electron chi connectivity index (χ1n) is 14.5. The molecule has 4 rings (SSSR count). The highest BCUT2D eigenvalue weighted by molar-refractivity contribution is 7.25. The molecule has 2 unspecified atom stereocenters. The first-order chi connectivity index (χ1) is 17.8. The first-order valence-corrected chi connectivity index (χ1v) is 15.3. The van der Waals surface area contributed by atoms with E-state index in [4.69, 9.17) is 4.74 Å². The highest BCUT2D eigenvalue weighted by Crippen LogP contribution is 2.43. The van der Waals surface area contributed by atoms with Gasteiger partial charge in [-0.05, 0) is 92.5 Å². The van der Waals surface area contributed by atoms with E-state index in [2.05, 4.69) is 95.0 Å². The number of hydrogen-bond acceptors (Lipinski definition) is 3. The molecule has 0 N–H and O–H groups in total. The monoisotopic (exact) mass is 517 g/mol. The Morgan fingerprint density at radius 1 is 0.838 bits per heavy atom. The summed E-state index contributed by atoms with van der Waals surface area (Å²) in [6, 6.07) is 14.5. The Morgan fingerprint density at radius 2 is 1.57 bits per heavy atom. The number of unbranched alkanes of at least 4 members (excludes halogenated alkanes) is 1. The fraction of sp³-hybridized carbons (Fsp3) is 0.529. The van der Waals surface area contributed by atoms with Crippen LogP contribution in [0.1, 0.15) is 105 Å². The van der Waals surface area contributed by atoms with Gasteiger partial charge in [-0.2, -0.15) is 0 Å². The normalized spacial score (nSPS) is 17.3. The van der Waals surface area contributed by atoms with Crippen molar-refractivity contribution in [3.63, 3.8) is 0 Å². The minimum atomic E-state index is 0.0762. The van der Waals surface area contributed by atoms with Crippen LogP contribution >= 0.6 is 11.3 Å². The summed E-state index contributed by atoms with van der Waals surface area (Å²) in [5, 5.41) is 2.82. The zero-order chi connectivity index (χ0) is 26.6. The maximum Gasteiger partial charge on any atom is 0.0959 e. The molecule has 3 heteroatoms. The van der Waals surface area contributed by atoms with E-state index in [1.165, 1.54) is 75.6 Å². The van der Waals surface area contributed by atoms with Gasteiger partial charge in [0.15, 0.2) is 0 Å². The van der Waals surface area contributed by atoms with Crippen molar-refractivity contribution in [2.75, 3.05) is 12.0 Å². The smallest absolute Gasteiger partial charge is 0.0959 e. The van der Waals surface area contributed by atoms with Gasteiger partial charge in [-0.3, -0.25) is 0 Å². The molecular weight excluding hydrogens is 470 g/mol. The zero-order valence-electron chi connectivity index (χ0n) is 24.2. The van der Waals surface area contributed by atoms with E-state index >= 15 is 0 Å². The predicted octanol–water partition coefficient (Wildman–Crippen LogP) is 10.9. The van der Waals surface area contributed by atoms with E-state index < -0.39 is 0 Å². The molecule has 1 heterocycles. The van der Waals surface area contributed by atoms with E-state index in [-0.39, 0.29) is 11.0 Å². The fourth-order valence-electron chi connectivity index (χ4n) is 6.15. The van der Waals surface area contributed by atoms with Gasteiger partial charge in [0, 0.05) is 43.5 Å². The molecule has 2 atom stereocenters. The molecule has 2 nitrogen and oxygen atoms in total. The summed E-state index contributed by atoms with van der Waals surface area (Å²) in [5.41, 5.74) is 4.53. The Labute approximate surface area is 229 Å². The van der Waals surface area contributed by atoms with Crippen molar-refractivity contribution >= 4 is 37.2 Å². The van der Waals surface area contributed by atoms with Crippen LogP contribution in [-0.2, 0) is 10.2 Å². The molecule has 3 aromatic rings. The molecule has 0 amide bonds. The van der Waals surface area contributed by atoms with Crippen LogP contribution in [0, 0.1) is 0 Å². The maximum atomic E-state index is 5.56. The standard InChI is InChI=1S/C34H47NOS/c1-8-12-22-34(6,11-4)35(26-14-17-28(36-7)18-15-26)27-16-20-32-30(24-27)29-23-25(13-19-31(29)37-32)33(5,10-3)21-9-2/h13-14,16-17,19-20,23-24H,8-12,15,18,21-22H2,1-7H3. The Balaban J connectivity index is 1.87. The molecule has 0 fully saturated rings. The van der Waals surface area contributed by atoms with Crippen molar-refractivity contribution in [3.05, 3.63) is 65.6 Å². The SMILES string of the molecule is CCCCC(C)(CC)N(C1=CC=C(OC)CC1)c1ccc2sc3ccc(C(C)(CC)CCC)cc3c2c1. The summed E-state index contributed by atoms with van der Waals surface area (Å²) in [6.45, 7) is 14.2. The summed E-state index contributed by atoms with van der Waals surface area (Å²) >= 11 is 1.93. The minimum absolute atomic E-state index is 0.0762. The van der Waals surface area contributed by atoms with Gasteiger partial charge >= 0.3 is 0 Å². The molecule has 0 saturated carbocycles. The lowest BCUT2D eigenvalue weighted by molar-refractivity contribution is 0.274. The van der Waals surface area contributed by atoms with Crippen LogP contribution < -0.4 is 4.90 Å². The van der Waals surface area contributed by atoms with Gasteiger partial charge in [-0.1, -0.05) is 59.9 Å². The van der Waals surface area contributed by atoms with Crippen molar-refractivity contribution in [2.24, 2.45) is 0 Å². The molecule has 0 aliphatic heterocycles. The van der Waals surface area contributed by atoms with Gasteiger partial charge in [-0.25, -0.2) is 0 Å². The van der Waals surface area contributed by atoms with Gasteiger partial charge in [0.25, 0.3) is 0 Å². The summed E-state index contributed by atoms with van der Waals surface area (Å²) in [4.78, 5) is 2.67. The lowest BCUT2D eigenvalue weighted by Crippen LogP contribution is -2.46. The molecule has 200 valence electrons. The third-order valence-electron chi connectivity index (χ3n) is 9.00. The number of anilines is 1. The second kappa shape index (κ2) is 11.6. The maximum absolute atomic E-state index is 5.56. The molecule has 0 spiro atoms. The number of fused-ring (bicyclic) bond motifs is 3. The van der Waals surface area contributed by atoms with Crippen molar-refractivity contribution in [2.45, 2.75) is 110 Å². The second-order valence-electron chi connectivity index (χ2n) is 11.4. The van der Waals surface area contributed by atoms with Crippen molar-refractivity contribution in [1.29, 1.82) is 0 Å². The van der Waals surface area contributed by atoms with Gasteiger partial charge in [0.05, 0.1) is 12.9 Å². The predicted molar refractivity (Wildman–Crippen MR) is 165 cm³/mol. The van der Waals surface area contributed by atoms with E-state index in [0.29, 0.717) is 0 Å². The average Bonchev–Trinajstić information content (AvgIpc) is 3.30. The molecule has 1 aliphatic carbocycles. The zero-order valence-corrected chi connectivity index (χ0v) is 25.1.